The summed E-state index contributed by atoms with van der Waals surface area (Å²) in [5, 5.41) is 0.152. The van der Waals surface area contributed by atoms with Crippen LogP contribution in [0.1, 0.15) is 0 Å². The number of hydrogen-bond donors (Lipinski definition) is 0. The fraction of sp³-hybridized carbons (Fsp3) is 0. The predicted molar refractivity (Wildman–Crippen MR) is 370 cm³/mol. The molecule has 1 nitrogen and oxygen atoms in total. The second-order valence-corrected chi connectivity index (χ2v) is 19.2. The molecule has 288 valence electrons. The van der Waals surface area contributed by atoms with Gasteiger partial charge in [0.15, 0.2) is 0 Å². The zero-order chi connectivity index (χ0) is 58.4. The lowest BCUT2D eigenvalue weighted by molar-refractivity contribution is 0.676. The molecule has 0 saturated carbocycles. The van der Waals surface area contributed by atoms with Gasteiger partial charge in [-0.2, -0.15) is 0 Å². The number of rotatable bonds is 4. The summed E-state index contributed by atoms with van der Waals surface area (Å²) in [6.07, 6.45) is 0. The predicted octanol–water partition coefficient (Wildman–Crippen LogP) is -22.5. The van der Waals surface area contributed by atoms with Crippen LogP contribution in [0.15, 0.2) is 4.42 Å². The normalized spacial score (nSPS) is 11.8. The third kappa shape index (κ3) is 7.52. The van der Waals surface area contributed by atoms with Crippen LogP contribution in [0, 0.1) is 0 Å². The summed E-state index contributed by atoms with van der Waals surface area (Å²) in [5.41, 5.74) is -6.55. The SMILES string of the molecule is [B]c1c([B])c([B])c(-c2c([B])c([B])c([B])c(-c3c4c([B])c([B])c([B])c([B])c4c(-c4c([B])c([B])c(-c5c([B])c([B])c([B])c6oc7c8c([B])c([B])c([B])c([B])c8c([B])c([B])c7c56)c([B])c4[B])c4c([B])c([B])c([B])c([B])c34)c2[B])c([B])c1[B]. The van der Waals surface area contributed by atoms with Crippen LogP contribution in [0.4, 0.5) is 0 Å². The van der Waals surface area contributed by atoms with Crippen LogP contribution in [0.25, 0.3) is 98.8 Å². The largest absolute Gasteiger partial charge is 0.456 e. The van der Waals surface area contributed by atoms with E-state index < -0.39 is 0 Å². The fourth-order valence-corrected chi connectivity index (χ4v) is 11.0. The standard InChI is InChI=1S/C48B30O/c49-17-9(28(60)35(67)29(61)12(17)13-30(62)41(73)45(77)42(74)31(13)63)1-3-5(20(52)38(70)36(68)18(3)50)2(6-4(1)19(51)37(69)39(71)21(6)53)10-23(55)25(57)11(26(58)24(10)56)7-8-15-33(65)27(59)14-16(34(66)43(75)40(72)32(14)64)47(15)79-48(8)46(78)44(76)22(7)54. The Bertz CT molecular complexity index is 4460. The van der Waals surface area contributed by atoms with E-state index in [-0.39, 0.29) is 263 Å². The molecule has 0 amide bonds. The first-order valence-corrected chi connectivity index (χ1v) is 23.1. The third-order valence-electron chi connectivity index (χ3n) is 15.3. The van der Waals surface area contributed by atoms with E-state index in [0.29, 0.717) is 0 Å². The lowest BCUT2D eigenvalue weighted by Crippen LogP contribution is -2.57. The Morgan fingerprint density at radius 2 is 0.304 bits per heavy atom. The number of furan rings is 1. The van der Waals surface area contributed by atoms with Gasteiger partial charge >= 0.3 is 0 Å². The smallest absolute Gasteiger partial charge is 0.141 e. The molecule has 10 aromatic rings. The highest BCUT2D eigenvalue weighted by Crippen LogP contribution is 2.40. The number of hydrogen-bond acceptors (Lipinski definition) is 1. The van der Waals surface area contributed by atoms with Crippen LogP contribution < -0.4 is 164 Å². The quantitative estimate of drug-likeness (QED) is 0.127. The van der Waals surface area contributed by atoms with Gasteiger partial charge in [0.2, 0.25) is 0 Å². The summed E-state index contributed by atoms with van der Waals surface area (Å²) in [7, 11) is 203. The van der Waals surface area contributed by atoms with Gasteiger partial charge in [-0.15, -0.1) is 60.1 Å². The van der Waals surface area contributed by atoms with Crippen LogP contribution in [-0.4, -0.2) is 235 Å². The molecule has 0 unspecified atom stereocenters. The van der Waals surface area contributed by atoms with Crippen LogP contribution in [-0.2, 0) is 0 Å². The number of fused-ring (bicyclic) bond motifs is 7. The van der Waals surface area contributed by atoms with Crippen molar-refractivity contribution in [1.29, 1.82) is 0 Å². The molecular formula is C48B30O. The third-order valence-corrected chi connectivity index (χ3v) is 15.3. The molecule has 31 heteroatoms. The van der Waals surface area contributed by atoms with Gasteiger partial charge in [-0.25, -0.2) is 0 Å². The van der Waals surface area contributed by atoms with Crippen LogP contribution in [0.5, 0.6) is 0 Å². The highest BCUT2D eigenvalue weighted by Gasteiger charge is 2.32. The van der Waals surface area contributed by atoms with Gasteiger partial charge in [-0.3, -0.25) is 0 Å². The minimum Gasteiger partial charge on any atom is -0.456 e. The van der Waals surface area contributed by atoms with E-state index in [4.69, 9.17) is 240 Å². The van der Waals surface area contributed by atoms with Gasteiger partial charge in [0.05, 0.1) is 0 Å². The van der Waals surface area contributed by atoms with Crippen molar-refractivity contribution in [2.45, 2.75) is 0 Å². The first-order chi connectivity index (χ1) is 36.8. The second kappa shape index (κ2) is 19.6. The van der Waals surface area contributed by atoms with Crippen LogP contribution >= 0.6 is 0 Å². The zero-order valence-corrected chi connectivity index (χ0v) is 41.7. The summed E-state index contributed by atoms with van der Waals surface area (Å²) >= 11 is 0. The maximum atomic E-state index is 7.28. The Balaban J connectivity index is 1.43. The van der Waals surface area contributed by atoms with Crippen molar-refractivity contribution in [1.82, 2.24) is 0 Å². The van der Waals surface area contributed by atoms with Crippen molar-refractivity contribution >= 4 is 454 Å². The molecule has 0 bridgehead atoms. The lowest BCUT2D eigenvalue weighted by atomic mass is 9.54. The lowest BCUT2D eigenvalue weighted by Gasteiger charge is -2.33. The minimum atomic E-state index is -0.310. The summed E-state index contributed by atoms with van der Waals surface area (Å²) < 4.78 is 6.49. The molecule has 1 aromatic heterocycles. The molecule has 79 heavy (non-hydrogen) atoms. The molecule has 0 saturated heterocycles. The molecule has 10 rings (SSSR count). The summed E-state index contributed by atoms with van der Waals surface area (Å²) in [6.45, 7) is 0. The van der Waals surface area contributed by atoms with Crippen LogP contribution in [0.3, 0.4) is 0 Å². The molecule has 0 aliphatic carbocycles. The first-order valence-electron chi connectivity index (χ1n) is 23.1. The molecule has 0 atom stereocenters. The van der Waals surface area contributed by atoms with Gasteiger partial charge in [0.1, 0.15) is 247 Å². The molecule has 0 spiro atoms. The highest BCUT2D eigenvalue weighted by atomic mass is 16.3. The summed E-state index contributed by atoms with van der Waals surface area (Å²) in [5.74, 6) is 0. The molecule has 9 aromatic carbocycles. The van der Waals surface area contributed by atoms with Gasteiger partial charge in [0.25, 0.3) is 0 Å². The maximum Gasteiger partial charge on any atom is 0.141 e. The summed E-state index contributed by atoms with van der Waals surface area (Å²) in [4.78, 5) is 0. The molecule has 0 fully saturated rings. The Morgan fingerprint density at radius 1 is 0.114 bits per heavy atom. The average Bonchev–Trinajstić information content (AvgIpc) is 3.58. The van der Waals surface area contributed by atoms with Crippen molar-refractivity contribution in [3.8, 4) is 44.5 Å². The average molecular weight is 917 g/mol. The summed E-state index contributed by atoms with van der Waals surface area (Å²) in [6, 6.07) is 0. The Hall–Kier alpha value is -4.49. The van der Waals surface area contributed by atoms with Crippen molar-refractivity contribution in [2.75, 3.05) is 0 Å². The number of benzene rings is 9. The minimum absolute atomic E-state index is 0.00180. The van der Waals surface area contributed by atoms with E-state index in [0.717, 1.165) is 0 Å². The van der Waals surface area contributed by atoms with Crippen molar-refractivity contribution in [3.05, 3.63) is 0 Å². The Morgan fingerprint density at radius 3 is 0.684 bits per heavy atom. The molecule has 1 heterocycles. The van der Waals surface area contributed by atoms with Gasteiger partial charge in [0, 0.05) is 16.2 Å². The van der Waals surface area contributed by atoms with Crippen LogP contribution in [0.2, 0.25) is 0 Å². The second-order valence-electron chi connectivity index (χ2n) is 19.2. The molecule has 0 N–H and O–H groups in total. The van der Waals surface area contributed by atoms with Gasteiger partial charge < -0.3 is 4.42 Å². The monoisotopic (exact) mass is 922 g/mol. The van der Waals surface area contributed by atoms with Crippen molar-refractivity contribution in [2.24, 2.45) is 0 Å². The van der Waals surface area contributed by atoms with Crippen molar-refractivity contribution < 1.29 is 4.42 Å². The molecule has 0 aliphatic rings. The van der Waals surface area contributed by atoms with Gasteiger partial charge in [-0.1, -0.05) is 104 Å². The molecule has 60 radical (unpaired) electrons. The van der Waals surface area contributed by atoms with E-state index in [9.17, 15) is 0 Å². The van der Waals surface area contributed by atoms with E-state index in [2.05, 4.69) is 0 Å². The maximum absolute atomic E-state index is 7.28. The molecular weight excluding hydrogens is 917 g/mol. The van der Waals surface area contributed by atoms with E-state index in [1.165, 1.54) is 0 Å². The van der Waals surface area contributed by atoms with E-state index >= 15 is 0 Å². The van der Waals surface area contributed by atoms with Crippen molar-refractivity contribution in [3.63, 3.8) is 0 Å². The highest BCUT2D eigenvalue weighted by molar-refractivity contribution is 6.77. The topological polar surface area (TPSA) is 13.1 Å². The Kier molecular flexibility index (Phi) is 14.3. The zero-order valence-electron chi connectivity index (χ0n) is 41.7. The van der Waals surface area contributed by atoms with E-state index in [1.54, 1.807) is 0 Å². The molecule has 0 aliphatic heterocycles. The first kappa shape index (κ1) is 57.7. The Labute approximate surface area is 498 Å². The fourth-order valence-electron chi connectivity index (χ4n) is 11.0. The van der Waals surface area contributed by atoms with Gasteiger partial charge in [-0.05, 0) is 71.4 Å². The van der Waals surface area contributed by atoms with E-state index in [1.807, 2.05) is 0 Å².